The summed E-state index contributed by atoms with van der Waals surface area (Å²) in [7, 11) is 0. The third-order valence-corrected chi connectivity index (χ3v) is 2.61. The molecule has 0 aliphatic heterocycles. The van der Waals surface area contributed by atoms with E-state index in [1.165, 1.54) is 11.1 Å². The Morgan fingerprint density at radius 3 is 1.60 bits per heavy atom. The minimum absolute atomic E-state index is 0.804. The van der Waals surface area contributed by atoms with E-state index in [9.17, 15) is 0 Å². The average Bonchev–Trinajstić information content (AvgIpc) is 1.84. The van der Waals surface area contributed by atoms with E-state index in [4.69, 9.17) is 0 Å². The van der Waals surface area contributed by atoms with E-state index in [2.05, 4.69) is 27.0 Å². The highest BCUT2D eigenvalue weighted by Gasteiger charge is 2.20. The van der Waals surface area contributed by atoms with Crippen LogP contribution >= 0.6 is 0 Å². The summed E-state index contributed by atoms with van der Waals surface area (Å²) in [4.78, 5) is 0. The first kappa shape index (κ1) is 7.59. The SMILES string of the molecule is C=C1CC(C)C(C)CC1=C. The summed E-state index contributed by atoms with van der Waals surface area (Å²) in [5, 5.41) is 0. The summed E-state index contributed by atoms with van der Waals surface area (Å²) in [6.45, 7) is 12.5. The lowest BCUT2D eigenvalue weighted by molar-refractivity contribution is 0.360. The molecule has 1 aliphatic carbocycles. The first-order chi connectivity index (χ1) is 4.61. The smallest absolute Gasteiger partial charge is 0.0254 e. The highest BCUT2D eigenvalue weighted by Crippen LogP contribution is 2.34. The zero-order valence-corrected chi connectivity index (χ0v) is 6.98. The minimum Gasteiger partial charge on any atom is -0.0956 e. The minimum atomic E-state index is 0.804. The molecule has 10 heavy (non-hydrogen) atoms. The molecule has 0 spiro atoms. The second kappa shape index (κ2) is 2.61. The highest BCUT2D eigenvalue weighted by molar-refractivity contribution is 5.28. The molecule has 0 aromatic heterocycles. The molecule has 0 heteroatoms. The summed E-state index contributed by atoms with van der Waals surface area (Å²) in [5.41, 5.74) is 2.54. The molecule has 1 aliphatic rings. The molecule has 0 aromatic carbocycles. The maximum atomic E-state index is 3.98. The molecule has 1 rings (SSSR count). The van der Waals surface area contributed by atoms with Crippen molar-refractivity contribution in [1.29, 1.82) is 0 Å². The summed E-state index contributed by atoms with van der Waals surface area (Å²) in [6, 6.07) is 0. The van der Waals surface area contributed by atoms with Gasteiger partial charge in [0.25, 0.3) is 0 Å². The Morgan fingerprint density at radius 2 is 1.30 bits per heavy atom. The van der Waals surface area contributed by atoms with Gasteiger partial charge in [-0.25, -0.2) is 0 Å². The third kappa shape index (κ3) is 1.31. The number of hydrogen-bond donors (Lipinski definition) is 0. The lowest BCUT2D eigenvalue weighted by atomic mass is 9.77. The van der Waals surface area contributed by atoms with E-state index in [1.807, 2.05) is 0 Å². The van der Waals surface area contributed by atoms with E-state index in [0.29, 0.717) is 0 Å². The van der Waals surface area contributed by atoms with Gasteiger partial charge in [0.2, 0.25) is 0 Å². The molecule has 0 amide bonds. The van der Waals surface area contributed by atoms with Gasteiger partial charge in [0.05, 0.1) is 0 Å². The van der Waals surface area contributed by atoms with E-state index >= 15 is 0 Å². The van der Waals surface area contributed by atoms with Gasteiger partial charge in [-0.2, -0.15) is 0 Å². The molecule has 1 saturated carbocycles. The lowest BCUT2D eigenvalue weighted by Gasteiger charge is -2.28. The van der Waals surface area contributed by atoms with Gasteiger partial charge in [-0.3, -0.25) is 0 Å². The van der Waals surface area contributed by atoms with Crippen LogP contribution in [0, 0.1) is 11.8 Å². The molecule has 0 radical (unpaired) electrons. The van der Waals surface area contributed by atoms with Crippen molar-refractivity contribution in [2.24, 2.45) is 11.8 Å². The molecule has 0 N–H and O–H groups in total. The van der Waals surface area contributed by atoms with Crippen LogP contribution in [0.2, 0.25) is 0 Å². The Morgan fingerprint density at radius 1 is 1.00 bits per heavy atom. The summed E-state index contributed by atoms with van der Waals surface area (Å²) < 4.78 is 0. The van der Waals surface area contributed by atoms with E-state index < -0.39 is 0 Å². The van der Waals surface area contributed by atoms with Crippen molar-refractivity contribution in [1.82, 2.24) is 0 Å². The average molecular weight is 136 g/mol. The van der Waals surface area contributed by atoms with Crippen LogP contribution in [-0.4, -0.2) is 0 Å². The summed E-state index contributed by atoms with van der Waals surface area (Å²) in [6.07, 6.45) is 2.31. The molecule has 0 heterocycles. The molecular weight excluding hydrogens is 120 g/mol. The second-order valence-corrected chi connectivity index (χ2v) is 3.57. The molecule has 0 aromatic rings. The van der Waals surface area contributed by atoms with Crippen molar-refractivity contribution < 1.29 is 0 Å². The van der Waals surface area contributed by atoms with Gasteiger partial charge >= 0.3 is 0 Å². The summed E-state index contributed by atoms with van der Waals surface area (Å²) >= 11 is 0. The largest absolute Gasteiger partial charge is 0.0956 e. The predicted molar refractivity (Wildman–Crippen MR) is 45.8 cm³/mol. The quantitative estimate of drug-likeness (QED) is 0.480. The molecule has 2 unspecified atom stereocenters. The molecule has 1 fully saturated rings. The van der Waals surface area contributed by atoms with Crippen LogP contribution in [0.15, 0.2) is 24.3 Å². The zero-order chi connectivity index (χ0) is 7.72. The standard InChI is InChI=1S/C10H16/c1-7-5-9(3)10(4)6-8(7)2/h9-10H,1-2,5-6H2,3-4H3. The Balaban J connectivity index is 2.63. The van der Waals surface area contributed by atoms with Gasteiger partial charge in [-0.05, 0) is 24.7 Å². The molecule has 2 atom stereocenters. The van der Waals surface area contributed by atoms with Gasteiger partial charge < -0.3 is 0 Å². The van der Waals surface area contributed by atoms with Gasteiger partial charge in [-0.1, -0.05) is 38.2 Å². The van der Waals surface area contributed by atoms with Crippen molar-refractivity contribution in [2.45, 2.75) is 26.7 Å². The number of rotatable bonds is 0. The Bertz CT molecular complexity index is 145. The van der Waals surface area contributed by atoms with Gasteiger partial charge in [0.1, 0.15) is 0 Å². The van der Waals surface area contributed by atoms with Gasteiger partial charge in [0.15, 0.2) is 0 Å². The first-order valence-corrected chi connectivity index (χ1v) is 3.97. The van der Waals surface area contributed by atoms with Crippen molar-refractivity contribution in [3.8, 4) is 0 Å². The van der Waals surface area contributed by atoms with Crippen LogP contribution in [0.1, 0.15) is 26.7 Å². The second-order valence-electron chi connectivity index (χ2n) is 3.57. The molecule has 56 valence electrons. The lowest BCUT2D eigenvalue weighted by Crippen LogP contribution is -2.15. The fourth-order valence-corrected chi connectivity index (χ4v) is 1.47. The number of hydrogen-bond acceptors (Lipinski definition) is 0. The Hall–Kier alpha value is -0.520. The molecular formula is C10H16. The van der Waals surface area contributed by atoms with Crippen LogP contribution in [0.5, 0.6) is 0 Å². The van der Waals surface area contributed by atoms with E-state index in [0.717, 1.165) is 24.7 Å². The highest BCUT2D eigenvalue weighted by atomic mass is 14.3. The summed E-state index contributed by atoms with van der Waals surface area (Å²) in [5.74, 6) is 1.61. The van der Waals surface area contributed by atoms with Crippen LogP contribution in [-0.2, 0) is 0 Å². The van der Waals surface area contributed by atoms with Crippen LogP contribution in [0.3, 0.4) is 0 Å². The van der Waals surface area contributed by atoms with Crippen molar-refractivity contribution >= 4 is 0 Å². The molecule has 0 bridgehead atoms. The Kier molecular flexibility index (Phi) is 1.98. The van der Waals surface area contributed by atoms with Crippen molar-refractivity contribution in [2.75, 3.05) is 0 Å². The fraction of sp³-hybridized carbons (Fsp3) is 0.600. The molecule has 0 nitrogen and oxygen atoms in total. The van der Waals surface area contributed by atoms with Crippen molar-refractivity contribution in [3.63, 3.8) is 0 Å². The fourth-order valence-electron chi connectivity index (χ4n) is 1.47. The van der Waals surface area contributed by atoms with Crippen LogP contribution in [0.25, 0.3) is 0 Å². The van der Waals surface area contributed by atoms with Crippen LogP contribution in [0.4, 0.5) is 0 Å². The van der Waals surface area contributed by atoms with Gasteiger partial charge in [0, 0.05) is 0 Å². The third-order valence-electron chi connectivity index (χ3n) is 2.61. The van der Waals surface area contributed by atoms with Crippen LogP contribution < -0.4 is 0 Å². The maximum Gasteiger partial charge on any atom is -0.0254 e. The topological polar surface area (TPSA) is 0 Å². The first-order valence-electron chi connectivity index (χ1n) is 3.97. The Labute approximate surface area is 63.6 Å². The van der Waals surface area contributed by atoms with Gasteiger partial charge in [-0.15, -0.1) is 0 Å². The normalized spacial score (nSPS) is 34.6. The number of allylic oxidation sites excluding steroid dienone is 2. The van der Waals surface area contributed by atoms with E-state index in [-0.39, 0.29) is 0 Å². The van der Waals surface area contributed by atoms with E-state index in [1.54, 1.807) is 0 Å². The molecule has 0 saturated heterocycles. The zero-order valence-electron chi connectivity index (χ0n) is 6.98. The predicted octanol–water partition coefficient (Wildman–Crippen LogP) is 3.16. The monoisotopic (exact) mass is 136 g/mol. The maximum absolute atomic E-state index is 3.98. The van der Waals surface area contributed by atoms with Crippen molar-refractivity contribution in [3.05, 3.63) is 24.3 Å².